The number of ether oxygens (including phenoxy) is 1. The molecule has 0 radical (unpaired) electrons. The number of benzene rings is 3. The molecule has 0 fully saturated rings. The molecule has 3 nitrogen and oxygen atoms in total. The molecule has 25 heavy (non-hydrogen) atoms. The van der Waals surface area contributed by atoms with Crippen LogP contribution in [0.4, 0.5) is 0 Å². The van der Waals surface area contributed by atoms with Gasteiger partial charge >= 0.3 is 0 Å². The van der Waals surface area contributed by atoms with Gasteiger partial charge in [-0.05, 0) is 36.4 Å². The first-order valence-electron chi connectivity index (χ1n) is 8.12. The van der Waals surface area contributed by atoms with E-state index >= 15 is 0 Å². The summed E-state index contributed by atoms with van der Waals surface area (Å²) in [6.07, 6.45) is 0. The van der Waals surface area contributed by atoms with Crippen LogP contribution in [0.15, 0.2) is 89.7 Å². The molecule has 0 spiro atoms. The zero-order valence-corrected chi connectivity index (χ0v) is 13.8. The fourth-order valence-corrected chi connectivity index (χ4v) is 3.12. The first kappa shape index (κ1) is 15.2. The van der Waals surface area contributed by atoms with Gasteiger partial charge in [-0.25, -0.2) is 0 Å². The summed E-state index contributed by atoms with van der Waals surface area (Å²) in [6.45, 7) is 0. The Balaban J connectivity index is 2.12. The van der Waals surface area contributed by atoms with E-state index < -0.39 is 0 Å². The lowest BCUT2D eigenvalue weighted by Crippen LogP contribution is -2.10. The molecule has 3 aromatic carbocycles. The Labute approximate surface area is 145 Å². The van der Waals surface area contributed by atoms with Crippen LogP contribution < -0.4 is 10.2 Å². The average Bonchev–Trinajstić information content (AvgIpc) is 2.68. The van der Waals surface area contributed by atoms with Crippen molar-refractivity contribution in [2.45, 2.75) is 0 Å². The standard InChI is InChI=1S/C22H17NO2/c1-25-18-11-7-8-16(14-18)21-15-22(24)19-12-5-6-13-20(19)23(21)17-9-3-2-4-10-17/h2-15H,1H3. The summed E-state index contributed by atoms with van der Waals surface area (Å²) in [5.74, 6) is 0.762. The van der Waals surface area contributed by atoms with Gasteiger partial charge in [0.15, 0.2) is 5.43 Å². The highest BCUT2D eigenvalue weighted by molar-refractivity contribution is 5.84. The van der Waals surface area contributed by atoms with Crippen molar-refractivity contribution in [3.8, 4) is 22.7 Å². The van der Waals surface area contributed by atoms with Crippen LogP contribution in [0.1, 0.15) is 0 Å². The third-order valence-electron chi connectivity index (χ3n) is 4.30. The largest absolute Gasteiger partial charge is 0.497 e. The molecule has 0 N–H and O–H groups in total. The van der Waals surface area contributed by atoms with Gasteiger partial charge in [0.2, 0.25) is 0 Å². The minimum atomic E-state index is 0.0144. The molecule has 0 saturated heterocycles. The average molecular weight is 327 g/mol. The number of fused-ring (bicyclic) bond motifs is 1. The van der Waals surface area contributed by atoms with E-state index in [2.05, 4.69) is 4.57 Å². The van der Waals surface area contributed by atoms with Crippen LogP contribution in [0.3, 0.4) is 0 Å². The van der Waals surface area contributed by atoms with E-state index in [-0.39, 0.29) is 5.43 Å². The molecular weight excluding hydrogens is 310 g/mol. The monoisotopic (exact) mass is 327 g/mol. The topological polar surface area (TPSA) is 31.2 Å². The Morgan fingerprint density at radius 2 is 1.56 bits per heavy atom. The molecular formula is C22H17NO2. The predicted molar refractivity (Wildman–Crippen MR) is 102 cm³/mol. The van der Waals surface area contributed by atoms with Crippen molar-refractivity contribution in [3.05, 3.63) is 95.2 Å². The van der Waals surface area contributed by atoms with Gasteiger partial charge < -0.3 is 9.30 Å². The minimum absolute atomic E-state index is 0.0144. The Morgan fingerprint density at radius 1 is 0.800 bits per heavy atom. The van der Waals surface area contributed by atoms with E-state index in [1.165, 1.54) is 0 Å². The molecule has 122 valence electrons. The second-order valence-electron chi connectivity index (χ2n) is 5.81. The van der Waals surface area contributed by atoms with Gasteiger partial charge in [0.05, 0.1) is 18.3 Å². The van der Waals surface area contributed by atoms with Crippen molar-refractivity contribution < 1.29 is 4.74 Å². The number of hydrogen-bond acceptors (Lipinski definition) is 2. The van der Waals surface area contributed by atoms with Crippen LogP contribution in [-0.2, 0) is 0 Å². The second kappa shape index (κ2) is 6.29. The van der Waals surface area contributed by atoms with Crippen molar-refractivity contribution in [3.63, 3.8) is 0 Å². The molecule has 1 aromatic heterocycles. The number of para-hydroxylation sites is 2. The van der Waals surface area contributed by atoms with Gasteiger partial charge in [-0.15, -0.1) is 0 Å². The molecule has 0 aliphatic heterocycles. The Morgan fingerprint density at radius 3 is 2.36 bits per heavy atom. The summed E-state index contributed by atoms with van der Waals surface area (Å²) in [6, 6.07) is 27.2. The maximum absolute atomic E-state index is 12.7. The van der Waals surface area contributed by atoms with Crippen LogP contribution in [0.5, 0.6) is 5.75 Å². The van der Waals surface area contributed by atoms with Crippen LogP contribution in [-0.4, -0.2) is 11.7 Å². The molecule has 1 heterocycles. The van der Waals surface area contributed by atoms with Crippen molar-refractivity contribution in [2.75, 3.05) is 7.11 Å². The van der Waals surface area contributed by atoms with Crippen LogP contribution in [0.25, 0.3) is 27.8 Å². The van der Waals surface area contributed by atoms with Gasteiger partial charge in [0, 0.05) is 22.7 Å². The van der Waals surface area contributed by atoms with E-state index in [9.17, 15) is 4.79 Å². The maximum Gasteiger partial charge on any atom is 0.190 e. The number of pyridine rings is 1. The van der Waals surface area contributed by atoms with Crippen molar-refractivity contribution in [1.29, 1.82) is 0 Å². The molecule has 0 aliphatic rings. The maximum atomic E-state index is 12.7. The Bertz CT molecular complexity index is 1100. The molecule has 0 amide bonds. The Hall–Kier alpha value is -3.33. The molecule has 0 saturated carbocycles. The molecule has 4 aromatic rings. The van der Waals surface area contributed by atoms with Crippen LogP contribution in [0, 0.1) is 0 Å². The van der Waals surface area contributed by atoms with Gasteiger partial charge in [-0.3, -0.25) is 4.79 Å². The van der Waals surface area contributed by atoms with E-state index in [1.807, 2.05) is 78.9 Å². The third-order valence-corrected chi connectivity index (χ3v) is 4.30. The summed E-state index contributed by atoms with van der Waals surface area (Å²) in [5.41, 5.74) is 3.69. The van der Waals surface area contributed by atoms with Crippen molar-refractivity contribution in [2.24, 2.45) is 0 Å². The number of methoxy groups -OCH3 is 1. The lowest BCUT2D eigenvalue weighted by Gasteiger charge is -2.17. The fraction of sp³-hybridized carbons (Fsp3) is 0.0455. The van der Waals surface area contributed by atoms with Gasteiger partial charge in [0.25, 0.3) is 0 Å². The molecule has 3 heteroatoms. The summed E-state index contributed by atoms with van der Waals surface area (Å²) in [7, 11) is 1.64. The third kappa shape index (κ3) is 2.70. The van der Waals surface area contributed by atoms with E-state index in [0.29, 0.717) is 5.39 Å². The zero-order chi connectivity index (χ0) is 17.2. The normalized spacial score (nSPS) is 10.8. The summed E-state index contributed by atoms with van der Waals surface area (Å²) >= 11 is 0. The predicted octanol–water partition coefficient (Wildman–Crippen LogP) is 4.67. The van der Waals surface area contributed by atoms with E-state index in [1.54, 1.807) is 13.2 Å². The first-order chi connectivity index (χ1) is 12.3. The number of aromatic nitrogens is 1. The first-order valence-corrected chi connectivity index (χ1v) is 8.12. The summed E-state index contributed by atoms with van der Waals surface area (Å²) < 4.78 is 7.47. The highest BCUT2D eigenvalue weighted by atomic mass is 16.5. The van der Waals surface area contributed by atoms with Gasteiger partial charge in [-0.1, -0.05) is 42.5 Å². The summed E-state index contributed by atoms with van der Waals surface area (Å²) in [5, 5.41) is 0.706. The number of rotatable bonds is 3. The highest BCUT2D eigenvalue weighted by Crippen LogP contribution is 2.28. The zero-order valence-electron chi connectivity index (χ0n) is 13.8. The van der Waals surface area contributed by atoms with Crippen LogP contribution in [0.2, 0.25) is 0 Å². The second-order valence-corrected chi connectivity index (χ2v) is 5.81. The number of hydrogen-bond donors (Lipinski definition) is 0. The SMILES string of the molecule is COc1cccc(-c2cc(=O)c3ccccc3n2-c2ccccc2)c1. The minimum Gasteiger partial charge on any atom is -0.497 e. The quantitative estimate of drug-likeness (QED) is 0.548. The van der Waals surface area contributed by atoms with Crippen molar-refractivity contribution in [1.82, 2.24) is 4.57 Å². The highest BCUT2D eigenvalue weighted by Gasteiger charge is 2.12. The molecule has 4 rings (SSSR count). The number of nitrogens with zero attached hydrogens (tertiary/aromatic N) is 1. The van der Waals surface area contributed by atoms with Crippen molar-refractivity contribution >= 4 is 10.9 Å². The molecule has 0 unspecified atom stereocenters. The van der Waals surface area contributed by atoms with E-state index in [0.717, 1.165) is 28.2 Å². The summed E-state index contributed by atoms with van der Waals surface area (Å²) in [4.78, 5) is 12.7. The molecule has 0 bridgehead atoms. The molecule has 0 atom stereocenters. The fourth-order valence-electron chi connectivity index (χ4n) is 3.12. The van der Waals surface area contributed by atoms with Gasteiger partial charge in [-0.2, -0.15) is 0 Å². The molecule has 0 aliphatic carbocycles. The lowest BCUT2D eigenvalue weighted by atomic mass is 10.1. The van der Waals surface area contributed by atoms with Gasteiger partial charge in [0.1, 0.15) is 5.75 Å². The Kier molecular flexibility index (Phi) is 3.82. The smallest absolute Gasteiger partial charge is 0.190 e. The lowest BCUT2D eigenvalue weighted by molar-refractivity contribution is 0.415. The van der Waals surface area contributed by atoms with E-state index in [4.69, 9.17) is 4.74 Å². The van der Waals surface area contributed by atoms with Crippen LogP contribution >= 0.6 is 0 Å².